The van der Waals surface area contributed by atoms with Gasteiger partial charge in [0.2, 0.25) is 5.96 Å². The first kappa shape index (κ1) is 13.9. The Hall–Kier alpha value is -2.04. The number of guanidine groups is 1. The average Bonchev–Trinajstić information content (AvgIpc) is 3.11. The van der Waals surface area contributed by atoms with Crippen LogP contribution in [0, 0.1) is 0 Å². The Balaban J connectivity index is 1.78. The van der Waals surface area contributed by atoms with Gasteiger partial charge in [-0.15, -0.1) is 0 Å². The van der Waals surface area contributed by atoms with E-state index in [1.54, 1.807) is 0 Å². The molecular formula is C16H21N3O2. The zero-order valence-corrected chi connectivity index (χ0v) is 12.3. The van der Waals surface area contributed by atoms with Crippen LogP contribution in [-0.2, 0) is 4.79 Å². The molecule has 0 radical (unpaired) electrons. The fourth-order valence-corrected chi connectivity index (χ4v) is 3.02. The zero-order chi connectivity index (χ0) is 14.7. The molecule has 0 bridgehead atoms. The summed E-state index contributed by atoms with van der Waals surface area (Å²) in [6.07, 6.45) is 4.52. The smallest absolute Gasteiger partial charge is 0.251 e. The van der Waals surface area contributed by atoms with Crippen molar-refractivity contribution in [2.24, 2.45) is 4.99 Å². The van der Waals surface area contributed by atoms with Gasteiger partial charge < -0.3 is 10.1 Å². The van der Waals surface area contributed by atoms with Gasteiger partial charge in [0, 0.05) is 6.04 Å². The molecule has 21 heavy (non-hydrogen) atoms. The van der Waals surface area contributed by atoms with Crippen molar-refractivity contribution in [3.05, 3.63) is 24.3 Å². The standard InChI is InChI=1S/C16H21N3O2/c1-2-21-14-10-6-5-9-13(14)18-16-17-11-15(20)19(16)12-7-3-4-8-12/h5-6,9-10,12H,2-4,7-8,11H2,1H3,(H,17,18). The number of nitrogens with zero attached hydrogens (tertiary/aromatic N) is 2. The second-order valence-corrected chi connectivity index (χ2v) is 5.40. The maximum atomic E-state index is 12.1. The molecule has 1 heterocycles. The van der Waals surface area contributed by atoms with Gasteiger partial charge in [0.25, 0.3) is 5.91 Å². The van der Waals surface area contributed by atoms with E-state index in [0.29, 0.717) is 18.6 Å². The minimum absolute atomic E-state index is 0.0956. The van der Waals surface area contributed by atoms with Crippen LogP contribution in [0.2, 0.25) is 0 Å². The Bertz CT molecular complexity index is 550. The van der Waals surface area contributed by atoms with E-state index >= 15 is 0 Å². The van der Waals surface area contributed by atoms with Crippen LogP contribution in [0.5, 0.6) is 5.75 Å². The Labute approximate surface area is 125 Å². The largest absolute Gasteiger partial charge is 0.492 e. The molecule has 0 atom stereocenters. The van der Waals surface area contributed by atoms with E-state index in [1.807, 2.05) is 36.1 Å². The van der Waals surface area contributed by atoms with Crippen molar-refractivity contribution in [2.75, 3.05) is 18.5 Å². The van der Waals surface area contributed by atoms with Crippen LogP contribution in [-0.4, -0.2) is 36.0 Å². The van der Waals surface area contributed by atoms with Crippen LogP contribution >= 0.6 is 0 Å². The predicted molar refractivity (Wildman–Crippen MR) is 82.6 cm³/mol. The van der Waals surface area contributed by atoms with Crippen LogP contribution in [0.15, 0.2) is 29.3 Å². The molecule has 3 rings (SSSR count). The first-order valence-electron chi connectivity index (χ1n) is 7.65. The number of anilines is 1. The monoisotopic (exact) mass is 287 g/mol. The van der Waals surface area contributed by atoms with Gasteiger partial charge in [0.15, 0.2) is 0 Å². The summed E-state index contributed by atoms with van der Waals surface area (Å²) in [7, 11) is 0. The summed E-state index contributed by atoms with van der Waals surface area (Å²) in [5.74, 6) is 1.55. The second kappa shape index (κ2) is 6.16. The number of aliphatic imine (C=N–C) groups is 1. The SMILES string of the molecule is CCOc1ccccc1NC1=NCC(=O)N1C1CCCC1. The van der Waals surface area contributed by atoms with Crippen molar-refractivity contribution in [1.29, 1.82) is 0 Å². The van der Waals surface area contributed by atoms with Crippen molar-refractivity contribution in [1.82, 2.24) is 4.90 Å². The molecule has 1 aromatic rings. The van der Waals surface area contributed by atoms with E-state index in [1.165, 1.54) is 12.8 Å². The summed E-state index contributed by atoms with van der Waals surface area (Å²) in [6.45, 7) is 2.81. The minimum Gasteiger partial charge on any atom is -0.492 e. The van der Waals surface area contributed by atoms with Gasteiger partial charge in [-0.3, -0.25) is 9.69 Å². The number of hydrogen-bond donors (Lipinski definition) is 1. The van der Waals surface area contributed by atoms with E-state index in [0.717, 1.165) is 24.3 Å². The highest BCUT2D eigenvalue weighted by molar-refractivity contribution is 6.09. The summed E-state index contributed by atoms with van der Waals surface area (Å²) >= 11 is 0. The third-order valence-corrected chi connectivity index (χ3v) is 3.98. The molecule has 1 aromatic carbocycles. The molecular weight excluding hydrogens is 266 g/mol. The number of nitrogens with one attached hydrogen (secondary N) is 1. The summed E-state index contributed by atoms with van der Waals surface area (Å²) < 4.78 is 5.61. The Morgan fingerprint density at radius 3 is 2.86 bits per heavy atom. The van der Waals surface area contributed by atoms with Gasteiger partial charge in [-0.05, 0) is 31.9 Å². The molecule has 0 spiro atoms. The van der Waals surface area contributed by atoms with E-state index in [-0.39, 0.29) is 12.5 Å². The zero-order valence-electron chi connectivity index (χ0n) is 12.3. The fourth-order valence-electron chi connectivity index (χ4n) is 3.02. The summed E-state index contributed by atoms with van der Waals surface area (Å²) in [5.41, 5.74) is 0.857. The van der Waals surface area contributed by atoms with Gasteiger partial charge in [-0.1, -0.05) is 25.0 Å². The molecule has 1 aliphatic heterocycles. The number of rotatable bonds is 4. The molecule has 112 valence electrons. The molecule has 0 saturated heterocycles. The second-order valence-electron chi connectivity index (χ2n) is 5.40. The predicted octanol–water partition coefficient (Wildman–Crippen LogP) is 2.64. The van der Waals surface area contributed by atoms with Crippen molar-refractivity contribution < 1.29 is 9.53 Å². The van der Waals surface area contributed by atoms with Crippen LogP contribution in [0.1, 0.15) is 32.6 Å². The van der Waals surface area contributed by atoms with Gasteiger partial charge in [0.05, 0.1) is 12.3 Å². The highest BCUT2D eigenvalue weighted by atomic mass is 16.5. The average molecular weight is 287 g/mol. The minimum atomic E-state index is 0.0956. The molecule has 1 N–H and O–H groups in total. The highest BCUT2D eigenvalue weighted by Gasteiger charge is 2.34. The first-order valence-corrected chi connectivity index (χ1v) is 7.65. The molecule has 5 nitrogen and oxygen atoms in total. The number of benzene rings is 1. The molecule has 5 heteroatoms. The maximum absolute atomic E-state index is 12.1. The summed E-state index contributed by atoms with van der Waals surface area (Å²) in [4.78, 5) is 18.3. The molecule has 1 saturated carbocycles. The van der Waals surface area contributed by atoms with Crippen molar-refractivity contribution in [3.63, 3.8) is 0 Å². The molecule has 2 aliphatic rings. The lowest BCUT2D eigenvalue weighted by Gasteiger charge is -2.26. The van der Waals surface area contributed by atoms with Gasteiger partial charge in [-0.25, -0.2) is 4.99 Å². The Morgan fingerprint density at radius 1 is 1.33 bits per heavy atom. The molecule has 1 aliphatic carbocycles. The van der Waals surface area contributed by atoms with E-state index in [2.05, 4.69) is 10.3 Å². The fraction of sp³-hybridized carbons (Fsp3) is 0.500. The quantitative estimate of drug-likeness (QED) is 0.926. The normalized spacial score (nSPS) is 19.0. The molecule has 0 aromatic heterocycles. The summed E-state index contributed by atoms with van der Waals surface area (Å²) in [5, 5.41) is 3.28. The van der Waals surface area contributed by atoms with Crippen molar-refractivity contribution in [2.45, 2.75) is 38.6 Å². The number of para-hydroxylation sites is 2. The lowest BCUT2D eigenvalue weighted by molar-refractivity contribution is -0.126. The van der Waals surface area contributed by atoms with Crippen LogP contribution < -0.4 is 10.1 Å². The van der Waals surface area contributed by atoms with E-state index in [4.69, 9.17) is 4.74 Å². The molecule has 1 amide bonds. The Kier molecular flexibility index (Phi) is 4.08. The van der Waals surface area contributed by atoms with Gasteiger partial charge >= 0.3 is 0 Å². The first-order chi connectivity index (χ1) is 10.3. The van der Waals surface area contributed by atoms with Crippen LogP contribution in [0.25, 0.3) is 0 Å². The lowest BCUT2D eigenvalue weighted by Crippen LogP contribution is -2.43. The van der Waals surface area contributed by atoms with Crippen molar-refractivity contribution >= 4 is 17.6 Å². The van der Waals surface area contributed by atoms with Crippen LogP contribution in [0.4, 0.5) is 5.69 Å². The number of carbonyl (C=O) groups excluding carboxylic acids is 1. The third kappa shape index (κ3) is 2.86. The maximum Gasteiger partial charge on any atom is 0.251 e. The lowest BCUT2D eigenvalue weighted by atomic mass is 10.2. The number of hydrogen-bond acceptors (Lipinski definition) is 4. The van der Waals surface area contributed by atoms with Crippen LogP contribution in [0.3, 0.4) is 0 Å². The topological polar surface area (TPSA) is 53.9 Å². The van der Waals surface area contributed by atoms with E-state index in [9.17, 15) is 4.79 Å². The number of carbonyl (C=O) groups is 1. The number of amides is 1. The van der Waals surface area contributed by atoms with Crippen molar-refractivity contribution in [3.8, 4) is 5.75 Å². The van der Waals surface area contributed by atoms with Gasteiger partial charge in [-0.2, -0.15) is 0 Å². The number of ether oxygens (including phenoxy) is 1. The van der Waals surface area contributed by atoms with E-state index < -0.39 is 0 Å². The molecule has 1 fully saturated rings. The third-order valence-electron chi connectivity index (χ3n) is 3.98. The Morgan fingerprint density at radius 2 is 2.10 bits per heavy atom. The van der Waals surface area contributed by atoms with Gasteiger partial charge in [0.1, 0.15) is 12.3 Å². The summed E-state index contributed by atoms with van der Waals surface area (Å²) in [6, 6.07) is 8.05. The molecule has 0 unspecified atom stereocenters. The highest BCUT2D eigenvalue weighted by Crippen LogP contribution is 2.28.